The lowest BCUT2D eigenvalue weighted by atomic mass is 9.75. The zero-order valence-electron chi connectivity index (χ0n) is 43.4. The van der Waals surface area contributed by atoms with Crippen LogP contribution in [0, 0.1) is 0 Å². The van der Waals surface area contributed by atoms with Crippen molar-refractivity contribution in [3.8, 4) is 22.6 Å². The standard InChI is InChI=1S/C73H52N4O2/c1-73-47-55(75(50-24-10-4-11-25-50)51-26-12-5-13-27-51)39-43-70(73)77(67-35-17-15-33-64(67)73)54-38-42-69-63(46-54)60-32-19-30-58(72(60)79-69)57-29-18-31-59-62-45-53(37-41-68(62)78-71(57)59)76-65-34-16-14-28-56(65)61-44-52(36-40-66(61)76)74(48-20-6-2-7-21-48)49-22-8-3-9-23-49/h2-47,63,69-70H,1H3. The first-order valence-electron chi connectivity index (χ1n) is 27.3. The molecule has 2 aliphatic carbocycles. The van der Waals surface area contributed by atoms with E-state index in [2.05, 4.69) is 305 Å². The Morgan fingerprint density at radius 3 is 1.86 bits per heavy atom. The van der Waals surface area contributed by atoms with Gasteiger partial charge in [-0.1, -0.05) is 152 Å². The minimum Gasteiger partial charge on any atom is -0.484 e. The minimum atomic E-state index is -0.307. The lowest BCUT2D eigenvalue weighted by Gasteiger charge is -2.39. The molecule has 6 heteroatoms. The summed E-state index contributed by atoms with van der Waals surface area (Å²) in [5.74, 6) is 0.938. The number of hydrogen-bond donors (Lipinski definition) is 0. The normalized spacial score (nSPS) is 18.7. The Bertz CT molecular complexity index is 4440. The molecule has 376 valence electrons. The predicted octanol–water partition coefficient (Wildman–Crippen LogP) is 18.6. The Kier molecular flexibility index (Phi) is 10.2. The van der Waals surface area contributed by atoms with Crippen LogP contribution in [0.1, 0.15) is 24.0 Å². The summed E-state index contributed by atoms with van der Waals surface area (Å²) in [4.78, 5) is 7.25. The molecule has 6 nitrogen and oxygen atoms in total. The number of nitrogens with zero attached hydrogens (tertiary/aromatic N) is 4. The maximum Gasteiger partial charge on any atom is 0.143 e. The number of allylic oxidation sites excluding steroid dienone is 2. The van der Waals surface area contributed by atoms with E-state index in [9.17, 15) is 0 Å². The first-order chi connectivity index (χ1) is 39.1. The highest BCUT2D eigenvalue weighted by Crippen LogP contribution is 2.55. The van der Waals surface area contributed by atoms with Crippen LogP contribution in [0.4, 0.5) is 34.1 Å². The first kappa shape index (κ1) is 45.2. The lowest BCUT2D eigenvalue weighted by molar-refractivity contribution is 0.269. The van der Waals surface area contributed by atoms with Crippen molar-refractivity contribution in [1.82, 2.24) is 4.57 Å². The zero-order chi connectivity index (χ0) is 52.2. The molecule has 79 heavy (non-hydrogen) atoms. The average Bonchev–Trinajstić information content (AvgIpc) is 4.45. The molecule has 0 spiro atoms. The molecular formula is C73H52N4O2. The van der Waals surface area contributed by atoms with Gasteiger partial charge in [-0.2, -0.15) is 0 Å². The van der Waals surface area contributed by atoms with Gasteiger partial charge in [-0.05, 0) is 140 Å². The Hall–Kier alpha value is -10.0. The Labute approximate surface area is 458 Å². The number of fused-ring (bicyclic) bond motifs is 12. The summed E-state index contributed by atoms with van der Waals surface area (Å²) >= 11 is 0. The van der Waals surface area contributed by atoms with Gasteiger partial charge in [0.1, 0.15) is 23.0 Å². The van der Waals surface area contributed by atoms with Crippen LogP contribution in [-0.2, 0) is 5.41 Å². The van der Waals surface area contributed by atoms with Gasteiger partial charge in [-0.3, -0.25) is 0 Å². The minimum absolute atomic E-state index is 0.0266. The molecule has 0 amide bonds. The monoisotopic (exact) mass is 1020 g/mol. The van der Waals surface area contributed by atoms with Crippen molar-refractivity contribution in [3.63, 3.8) is 0 Å². The van der Waals surface area contributed by atoms with Gasteiger partial charge in [-0.15, -0.1) is 0 Å². The van der Waals surface area contributed by atoms with Crippen LogP contribution in [0.25, 0.3) is 60.6 Å². The van der Waals surface area contributed by atoms with E-state index >= 15 is 0 Å². The summed E-state index contributed by atoms with van der Waals surface area (Å²) in [6, 6.07) is 86.9. The summed E-state index contributed by atoms with van der Waals surface area (Å²) < 4.78 is 16.4. The fourth-order valence-electron chi connectivity index (χ4n) is 13.4. The fourth-order valence-corrected chi connectivity index (χ4v) is 13.4. The molecule has 4 heterocycles. The smallest absolute Gasteiger partial charge is 0.143 e. The van der Waals surface area contributed by atoms with Gasteiger partial charge in [-0.25, -0.2) is 0 Å². The van der Waals surface area contributed by atoms with Gasteiger partial charge in [0.2, 0.25) is 0 Å². The molecule has 0 bridgehead atoms. The molecule has 0 saturated heterocycles. The van der Waals surface area contributed by atoms with E-state index in [0.717, 1.165) is 89.7 Å². The number of hydrogen-bond acceptors (Lipinski definition) is 5. The van der Waals surface area contributed by atoms with Crippen LogP contribution in [0.5, 0.6) is 5.75 Å². The largest absolute Gasteiger partial charge is 0.484 e. The van der Waals surface area contributed by atoms with Crippen LogP contribution in [0.3, 0.4) is 0 Å². The summed E-state index contributed by atoms with van der Waals surface area (Å²) in [5.41, 5.74) is 18.4. The summed E-state index contributed by atoms with van der Waals surface area (Å²) in [6.45, 7) is 2.40. The molecule has 0 radical (unpaired) electrons. The molecule has 0 fully saturated rings. The van der Waals surface area contributed by atoms with Gasteiger partial charge in [0.15, 0.2) is 0 Å². The molecule has 10 aromatic carbocycles. The molecule has 0 saturated carbocycles. The van der Waals surface area contributed by atoms with E-state index < -0.39 is 0 Å². The highest BCUT2D eigenvalue weighted by Gasteiger charge is 2.49. The van der Waals surface area contributed by atoms with Crippen molar-refractivity contribution in [2.45, 2.75) is 30.4 Å². The average molecular weight is 1020 g/mol. The Morgan fingerprint density at radius 1 is 0.481 bits per heavy atom. The Balaban J connectivity index is 0.749. The van der Waals surface area contributed by atoms with E-state index in [-0.39, 0.29) is 23.5 Å². The van der Waals surface area contributed by atoms with E-state index in [1.807, 2.05) is 0 Å². The number of aromatic nitrogens is 1. The van der Waals surface area contributed by atoms with Crippen molar-refractivity contribution >= 4 is 77.9 Å². The van der Waals surface area contributed by atoms with Crippen LogP contribution in [0.2, 0.25) is 0 Å². The summed E-state index contributed by atoms with van der Waals surface area (Å²) in [7, 11) is 0. The maximum atomic E-state index is 7.05. The highest BCUT2D eigenvalue weighted by molar-refractivity contribution is 6.13. The van der Waals surface area contributed by atoms with Gasteiger partial charge >= 0.3 is 0 Å². The van der Waals surface area contributed by atoms with Crippen molar-refractivity contribution < 1.29 is 9.15 Å². The van der Waals surface area contributed by atoms with E-state index in [0.29, 0.717) is 0 Å². The third-order valence-corrected chi connectivity index (χ3v) is 16.9. The van der Waals surface area contributed by atoms with Crippen LogP contribution in [-0.4, -0.2) is 16.7 Å². The van der Waals surface area contributed by atoms with Crippen molar-refractivity contribution in [3.05, 3.63) is 302 Å². The van der Waals surface area contributed by atoms with Gasteiger partial charge in [0.25, 0.3) is 0 Å². The number of anilines is 6. The summed E-state index contributed by atoms with van der Waals surface area (Å²) in [6.07, 6.45) is 14.1. The van der Waals surface area contributed by atoms with Crippen LogP contribution in [0.15, 0.2) is 295 Å². The van der Waals surface area contributed by atoms with Crippen molar-refractivity contribution in [2.75, 3.05) is 14.7 Å². The molecule has 4 aliphatic rings. The number of furan rings is 1. The molecule has 2 aromatic heterocycles. The van der Waals surface area contributed by atoms with Crippen LogP contribution >= 0.6 is 0 Å². The molecule has 2 aliphatic heterocycles. The van der Waals surface area contributed by atoms with Gasteiger partial charge in [0.05, 0.1) is 17.1 Å². The van der Waals surface area contributed by atoms with Crippen molar-refractivity contribution in [2.24, 2.45) is 0 Å². The van der Waals surface area contributed by atoms with E-state index in [1.54, 1.807) is 0 Å². The molecule has 0 N–H and O–H groups in total. The van der Waals surface area contributed by atoms with Crippen LogP contribution < -0.4 is 19.4 Å². The fraction of sp³-hybridized carbons (Fsp3) is 0.0685. The number of benzene rings is 10. The molecule has 4 atom stereocenters. The Morgan fingerprint density at radius 2 is 1.11 bits per heavy atom. The second kappa shape index (κ2) is 17.8. The topological polar surface area (TPSA) is 37.0 Å². The third-order valence-electron chi connectivity index (χ3n) is 16.9. The number of rotatable bonds is 9. The predicted molar refractivity (Wildman–Crippen MR) is 325 cm³/mol. The number of para-hydroxylation sites is 8. The zero-order valence-corrected chi connectivity index (χ0v) is 43.4. The highest BCUT2D eigenvalue weighted by atomic mass is 16.5. The summed E-state index contributed by atoms with van der Waals surface area (Å²) in [5, 5.41) is 4.53. The van der Waals surface area contributed by atoms with Gasteiger partial charge < -0.3 is 28.4 Å². The third kappa shape index (κ3) is 7.04. The van der Waals surface area contributed by atoms with Crippen molar-refractivity contribution in [1.29, 1.82) is 0 Å². The molecule has 16 rings (SSSR count). The first-order valence-corrected chi connectivity index (χ1v) is 27.3. The lowest BCUT2D eigenvalue weighted by Crippen LogP contribution is -2.43. The quantitative estimate of drug-likeness (QED) is 0.144. The maximum absolute atomic E-state index is 7.05. The SMILES string of the molecule is CC12C=C(N(c3ccccc3)c3ccccc3)C=CC1N(C1=CC3c4cccc(-c5cccc6c5oc5ccc(-n7c8ccccc8c8cc(N(c9ccccc9)c9ccccc9)ccc87)cc56)c4OC3C=C1)c1ccccc12. The molecule has 4 unspecified atom stereocenters. The van der Waals surface area contributed by atoms with E-state index in [1.165, 1.54) is 33.3 Å². The second-order valence-corrected chi connectivity index (χ2v) is 21.4. The van der Waals surface area contributed by atoms with Gasteiger partial charge in [0, 0.05) is 101 Å². The molecule has 12 aromatic rings. The molecular weight excluding hydrogens is 965 g/mol. The second-order valence-electron chi connectivity index (χ2n) is 21.4. The number of ether oxygens (including phenoxy) is 1. The van der Waals surface area contributed by atoms with E-state index in [4.69, 9.17) is 9.15 Å².